The highest BCUT2D eigenvalue weighted by molar-refractivity contribution is 8.77. The molecule has 2 heterocycles. The fourth-order valence-corrected chi connectivity index (χ4v) is 11.1. The number of halogens is 1. The number of hydrogen-bond acceptors (Lipinski definition) is 22. The number of ether oxygens (including phenoxy) is 6. The fourth-order valence-electron chi connectivity index (χ4n) is 4.74. The van der Waals surface area contributed by atoms with Crippen molar-refractivity contribution < 1.29 is 74.9 Å². The summed E-state index contributed by atoms with van der Waals surface area (Å²) < 4.78 is 80.7. The molecule has 0 N–H and O–H groups in total. The van der Waals surface area contributed by atoms with E-state index < -0.39 is 84.0 Å². The number of alkyl halides is 1. The van der Waals surface area contributed by atoms with Gasteiger partial charge in [0.05, 0.1) is 36.9 Å². The molecule has 1 aliphatic rings. The molecule has 1 aromatic heterocycles. The van der Waals surface area contributed by atoms with E-state index in [9.17, 15) is 33.3 Å². The SMILES string of the molecule is CC(C)C(=O)OCCSSCCOP(=O)(OCCSSCCOC(=O)C(C)C)OC[C@H]1S[C@@H](n2ccc(N(C(=O)OC(C)(C)C)C(=O)OC(C)(C)C)nc2=O)[C@@H](F)[C@@H]1OC(=O)OC(C)(C)C. The van der Waals surface area contributed by atoms with E-state index in [1.165, 1.54) is 43.2 Å². The molecule has 0 radical (unpaired) electrons. The summed E-state index contributed by atoms with van der Waals surface area (Å²) in [5.41, 5.74) is -4.22. The topological polar surface area (TPSA) is 224 Å². The standard InChI is InChI=1S/C40H65FN3O16PS5/c1-25(2)32(45)52-16-20-62-64-22-18-54-61(51,55-19-23-65-63-21-17-53-33(46)26(3)4)56-24-27-30(57-37(50)60-40(11,12)13)29(41)31(66-27)43-15-14-28(42-34(43)47)44(35(48)58-38(5,6)7)36(49)59-39(8,9)10/h14-15,25-27,29-31H,16-24H2,1-13H3/t27-,29+,30-,31-/m1/s1. The summed E-state index contributed by atoms with van der Waals surface area (Å²) in [5.74, 6) is 0.0589. The van der Waals surface area contributed by atoms with E-state index in [0.717, 1.165) is 28.6 Å². The molecule has 4 atom stereocenters. The number of carbonyl (C=O) groups excluding carboxylic acids is 5. The van der Waals surface area contributed by atoms with Gasteiger partial charge in [0.15, 0.2) is 18.1 Å². The van der Waals surface area contributed by atoms with Crippen LogP contribution in [-0.2, 0) is 56.1 Å². The minimum absolute atomic E-state index is 0.106. The quantitative estimate of drug-likeness (QED) is 0.0309. The van der Waals surface area contributed by atoms with Gasteiger partial charge in [0.1, 0.15) is 35.4 Å². The third-order valence-corrected chi connectivity index (χ3v) is 15.2. The smallest absolute Gasteiger partial charge is 0.465 e. The molecule has 0 aromatic carbocycles. The van der Waals surface area contributed by atoms with Gasteiger partial charge in [-0.05, 0) is 68.4 Å². The van der Waals surface area contributed by atoms with E-state index in [2.05, 4.69) is 4.98 Å². The summed E-state index contributed by atoms with van der Waals surface area (Å²) in [6, 6.07) is 1.12. The highest BCUT2D eigenvalue weighted by atomic mass is 33.1. The van der Waals surface area contributed by atoms with Crippen molar-refractivity contribution >= 4 is 98.9 Å². The van der Waals surface area contributed by atoms with Crippen molar-refractivity contribution in [3.63, 3.8) is 0 Å². The van der Waals surface area contributed by atoms with Gasteiger partial charge >= 0.3 is 43.8 Å². The summed E-state index contributed by atoms with van der Waals surface area (Å²) in [6.07, 6.45) is -6.22. The number of hydrogen-bond donors (Lipinski definition) is 0. The van der Waals surface area contributed by atoms with Gasteiger partial charge in [-0.1, -0.05) is 70.9 Å². The van der Waals surface area contributed by atoms with Gasteiger partial charge in [0, 0.05) is 29.2 Å². The molecule has 1 aliphatic heterocycles. The number of phosphoric ester groups is 1. The third-order valence-electron chi connectivity index (χ3n) is 7.52. The summed E-state index contributed by atoms with van der Waals surface area (Å²) in [5, 5.41) is -2.57. The lowest BCUT2D eigenvalue weighted by molar-refractivity contribution is -0.147. The van der Waals surface area contributed by atoms with E-state index in [1.54, 1.807) is 90.0 Å². The first-order valence-corrected chi connectivity index (χ1v) is 28.3. The van der Waals surface area contributed by atoms with Crippen LogP contribution in [-0.4, -0.2) is 130 Å². The zero-order chi connectivity index (χ0) is 50.0. The molecular weight excluding hydrogens is 989 g/mol. The second kappa shape index (κ2) is 27.7. The van der Waals surface area contributed by atoms with Crippen molar-refractivity contribution in [2.75, 3.05) is 60.9 Å². The third kappa shape index (κ3) is 22.8. The molecule has 19 nitrogen and oxygen atoms in total. The van der Waals surface area contributed by atoms with E-state index in [4.69, 9.17) is 42.0 Å². The zero-order valence-electron chi connectivity index (χ0n) is 39.7. The molecule has 0 saturated carbocycles. The lowest BCUT2D eigenvalue weighted by Crippen LogP contribution is -2.45. The molecule has 0 unspecified atom stereocenters. The summed E-state index contributed by atoms with van der Waals surface area (Å²) in [6.45, 7) is 20.8. The minimum Gasteiger partial charge on any atom is -0.465 e. The number of carbonyl (C=O) groups is 5. The van der Waals surface area contributed by atoms with Crippen molar-refractivity contribution in [1.29, 1.82) is 0 Å². The first kappa shape index (κ1) is 59.7. The molecular formula is C40H65FN3O16PS5. The second-order valence-corrected chi connectivity index (χ2v) is 26.1. The molecule has 1 saturated heterocycles. The van der Waals surface area contributed by atoms with Crippen molar-refractivity contribution in [3.05, 3.63) is 22.7 Å². The van der Waals surface area contributed by atoms with Crippen molar-refractivity contribution in [3.8, 4) is 0 Å². The normalized spacial score (nSPS) is 17.9. The number of phosphoric acid groups is 1. The van der Waals surface area contributed by atoms with Crippen LogP contribution in [0.2, 0.25) is 0 Å². The Bertz CT molecular complexity index is 1790. The van der Waals surface area contributed by atoms with E-state index >= 15 is 4.39 Å². The lowest BCUT2D eigenvalue weighted by atomic mass is 10.1. The molecule has 0 bridgehead atoms. The molecule has 2 rings (SSSR count). The second-order valence-electron chi connectivity index (χ2n) is 17.7. The number of esters is 2. The average Bonchev–Trinajstić information content (AvgIpc) is 3.47. The van der Waals surface area contributed by atoms with Crippen molar-refractivity contribution in [2.24, 2.45) is 11.8 Å². The number of thioether (sulfide) groups is 1. The Hall–Kier alpha value is -2.38. The average molecular weight is 1050 g/mol. The monoisotopic (exact) mass is 1050 g/mol. The van der Waals surface area contributed by atoms with Crippen LogP contribution >= 0.6 is 62.8 Å². The first-order chi connectivity index (χ1) is 30.5. The molecule has 0 aliphatic carbocycles. The largest absolute Gasteiger partial charge is 0.509 e. The van der Waals surface area contributed by atoms with Gasteiger partial charge in [0.2, 0.25) is 0 Å². The summed E-state index contributed by atoms with van der Waals surface area (Å²) in [4.78, 5) is 80.8. The highest BCUT2D eigenvalue weighted by Gasteiger charge is 2.50. The van der Waals surface area contributed by atoms with Crippen LogP contribution in [0, 0.1) is 11.8 Å². The van der Waals surface area contributed by atoms with Gasteiger partial charge in [-0.25, -0.2) is 28.1 Å². The number of nitrogens with zero attached hydrogens (tertiary/aromatic N) is 3. The Kier molecular flexibility index (Phi) is 25.1. The number of rotatable bonds is 24. The molecule has 26 heteroatoms. The van der Waals surface area contributed by atoms with Crippen LogP contribution in [0.1, 0.15) is 95.4 Å². The molecule has 1 fully saturated rings. The van der Waals surface area contributed by atoms with Crippen LogP contribution in [0.25, 0.3) is 0 Å². The van der Waals surface area contributed by atoms with Gasteiger partial charge in [-0.2, -0.15) is 9.88 Å². The Morgan fingerprint density at radius 3 is 1.59 bits per heavy atom. The van der Waals surface area contributed by atoms with E-state index in [0.29, 0.717) is 27.9 Å². The number of imide groups is 1. The summed E-state index contributed by atoms with van der Waals surface area (Å²) in [7, 11) is 1.16. The molecule has 1 aromatic rings. The van der Waals surface area contributed by atoms with Gasteiger partial charge in [-0.15, -0.1) is 11.8 Å². The molecule has 66 heavy (non-hydrogen) atoms. The first-order valence-electron chi connectivity index (χ1n) is 20.9. The van der Waals surface area contributed by atoms with Crippen LogP contribution in [0.3, 0.4) is 0 Å². The maximum absolute atomic E-state index is 16.6. The van der Waals surface area contributed by atoms with Crippen molar-refractivity contribution in [1.82, 2.24) is 9.55 Å². The Morgan fingerprint density at radius 2 is 1.18 bits per heavy atom. The number of anilines is 1. The summed E-state index contributed by atoms with van der Waals surface area (Å²) >= 11 is 0.798. The lowest BCUT2D eigenvalue weighted by Gasteiger charge is -2.28. The van der Waals surface area contributed by atoms with E-state index in [1.807, 2.05) is 0 Å². The Labute approximate surface area is 406 Å². The predicted octanol–water partition coefficient (Wildman–Crippen LogP) is 9.51. The van der Waals surface area contributed by atoms with Crippen LogP contribution in [0.5, 0.6) is 0 Å². The highest BCUT2D eigenvalue weighted by Crippen LogP contribution is 2.53. The maximum Gasteiger partial charge on any atom is 0.509 e. The minimum atomic E-state index is -4.39. The van der Waals surface area contributed by atoms with Gasteiger partial charge in [0.25, 0.3) is 0 Å². The number of aromatic nitrogens is 2. The van der Waals surface area contributed by atoms with Gasteiger partial charge < -0.3 is 28.4 Å². The van der Waals surface area contributed by atoms with Crippen LogP contribution in [0.4, 0.5) is 24.6 Å². The van der Waals surface area contributed by atoms with Crippen LogP contribution in [0.15, 0.2) is 17.1 Å². The van der Waals surface area contributed by atoms with Crippen LogP contribution < -0.4 is 10.6 Å². The number of amides is 2. The Balaban J connectivity index is 2.34. The van der Waals surface area contributed by atoms with E-state index in [-0.39, 0.29) is 50.2 Å². The fraction of sp³-hybridized carbons (Fsp3) is 0.775. The van der Waals surface area contributed by atoms with Gasteiger partial charge in [-0.3, -0.25) is 27.7 Å². The predicted molar refractivity (Wildman–Crippen MR) is 257 cm³/mol. The van der Waals surface area contributed by atoms with Crippen molar-refractivity contribution in [2.45, 2.75) is 130 Å². The molecule has 378 valence electrons. The Morgan fingerprint density at radius 1 is 0.742 bits per heavy atom. The zero-order valence-corrected chi connectivity index (χ0v) is 44.7. The molecule has 0 spiro atoms. The molecule has 2 amide bonds. The maximum atomic E-state index is 16.6.